The number of amides is 1. The quantitative estimate of drug-likeness (QED) is 0.556. The number of thiophene rings is 1. The van der Waals surface area contributed by atoms with Crippen molar-refractivity contribution in [2.75, 3.05) is 13.1 Å². The lowest BCUT2D eigenvalue weighted by atomic mass is 10.1. The number of hydrogen-bond acceptors (Lipinski definition) is 5. The van der Waals surface area contributed by atoms with E-state index in [-0.39, 0.29) is 5.91 Å². The number of rotatable bonds is 7. The third-order valence-electron chi connectivity index (χ3n) is 5.31. The van der Waals surface area contributed by atoms with Gasteiger partial charge in [0.2, 0.25) is 5.91 Å². The highest BCUT2D eigenvalue weighted by molar-refractivity contribution is 7.71. The lowest BCUT2D eigenvalue weighted by Crippen LogP contribution is -2.31. The van der Waals surface area contributed by atoms with Gasteiger partial charge in [-0.2, -0.15) is 5.10 Å². The summed E-state index contributed by atoms with van der Waals surface area (Å²) in [4.78, 5) is 16.2. The normalized spacial score (nSPS) is 15.5. The van der Waals surface area contributed by atoms with Gasteiger partial charge in [-0.15, -0.1) is 11.3 Å². The molecule has 29 heavy (non-hydrogen) atoms. The maximum Gasteiger partial charge on any atom is 0.243 e. The first-order valence-electron chi connectivity index (χ1n) is 9.90. The van der Waals surface area contributed by atoms with Crippen molar-refractivity contribution in [3.8, 4) is 10.7 Å². The van der Waals surface area contributed by atoms with E-state index in [0.29, 0.717) is 17.1 Å². The Morgan fingerprint density at radius 1 is 1.24 bits per heavy atom. The fraction of sp³-hybridized carbons (Fsp3) is 0.381. The van der Waals surface area contributed by atoms with Gasteiger partial charge in [0.25, 0.3) is 0 Å². The van der Waals surface area contributed by atoms with Crippen molar-refractivity contribution in [2.45, 2.75) is 38.9 Å². The van der Waals surface area contributed by atoms with E-state index in [9.17, 15) is 4.79 Å². The average molecular weight is 428 g/mol. The number of carbonyl (C=O) groups is 1. The third-order valence-corrected chi connectivity index (χ3v) is 6.46. The molecule has 1 atom stereocenters. The Balaban J connectivity index is 1.37. The van der Waals surface area contributed by atoms with Crippen LogP contribution in [0.25, 0.3) is 10.7 Å². The smallest absolute Gasteiger partial charge is 0.243 e. The molecule has 1 aliphatic heterocycles. The van der Waals surface area contributed by atoms with Crippen LogP contribution in [0.5, 0.6) is 0 Å². The van der Waals surface area contributed by atoms with Gasteiger partial charge in [-0.05, 0) is 67.6 Å². The molecule has 2 N–H and O–H groups in total. The molecule has 1 amide bonds. The van der Waals surface area contributed by atoms with Gasteiger partial charge in [-0.1, -0.05) is 30.3 Å². The highest BCUT2D eigenvalue weighted by Crippen LogP contribution is 2.25. The Kier molecular flexibility index (Phi) is 6.22. The fourth-order valence-electron chi connectivity index (χ4n) is 3.66. The SMILES string of the molecule is CC(C(=O)NCc1ccc(CN2CCCC2)cc1)n1c(-c2cccs2)n[nH]c1=S. The molecule has 1 aromatic carbocycles. The van der Waals surface area contributed by atoms with Gasteiger partial charge in [0, 0.05) is 13.1 Å². The van der Waals surface area contributed by atoms with E-state index >= 15 is 0 Å². The monoisotopic (exact) mass is 427 g/mol. The van der Waals surface area contributed by atoms with Crippen molar-refractivity contribution in [3.63, 3.8) is 0 Å². The number of aromatic nitrogens is 3. The molecule has 1 saturated heterocycles. The molecule has 152 valence electrons. The summed E-state index contributed by atoms with van der Waals surface area (Å²) in [6.45, 7) is 5.73. The molecule has 0 radical (unpaired) electrons. The Bertz CT molecular complexity index is 1000. The molecule has 4 rings (SSSR count). The minimum atomic E-state index is -0.451. The van der Waals surface area contributed by atoms with Gasteiger partial charge in [-0.3, -0.25) is 19.4 Å². The van der Waals surface area contributed by atoms with Gasteiger partial charge in [0.15, 0.2) is 10.6 Å². The van der Waals surface area contributed by atoms with Crippen LogP contribution in [-0.4, -0.2) is 38.7 Å². The molecule has 0 spiro atoms. The molecule has 1 unspecified atom stereocenters. The van der Waals surface area contributed by atoms with E-state index in [1.54, 1.807) is 15.9 Å². The van der Waals surface area contributed by atoms with Crippen LogP contribution in [0.4, 0.5) is 0 Å². The van der Waals surface area contributed by atoms with Crippen molar-refractivity contribution in [1.82, 2.24) is 25.0 Å². The number of nitrogens with one attached hydrogen (secondary N) is 2. The minimum absolute atomic E-state index is 0.0820. The lowest BCUT2D eigenvalue weighted by Gasteiger charge is -2.16. The number of nitrogens with zero attached hydrogens (tertiary/aromatic N) is 3. The molecule has 3 aromatic rings. The van der Waals surface area contributed by atoms with Crippen LogP contribution in [0.1, 0.15) is 36.9 Å². The Labute approximate surface area is 179 Å². The Morgan fingerprint density at radius 3 is 2.66 bits per heavy atom. The molecule has 0 aliphatic carbocycles. The first-order chi connectivity index (χ1) is 14.1. The third kappa shape index (κ3) is 4.66. The van der Waals surface area contributed by atoms with Gasteiger partial charge >= 0.3 is 0 Å². The number of H-pyrrole nitrogens is 1. The van der Waals surface area contributed by atoms with Crippen molar-refractivity contribution < 1.29 is 4.79 Å². The van der Waals surface area contributed by atoms with E-state index in [0.717, 1.165) is 17.0 Å². The number of carbonyl (C=O) groups excluding carboxylic acids is 1. The molecule has 6 nitrogen and oxygen atoms in total. The van der Waals surface area contributed by atoms with Crippen LogP contribution in [0.3, 0.4) is 0 Å². The molecule has 2 aromatic heterocycles. The summed E-state index contributed by atoms with van der Waals surface area (Å²) in [7, 11) is 0. The van der Waals surface area contributed by atoms with Crippen LogP contribution in [0.2, 0.25) is 0 Å². The summed E-state index contributed by atoms with van der Waals surface area (Å²) in [5, 5.41) is 12.1. The molecule has 1 fully saturated rings. The second kappa shape index (κ2) is 9.02. The van der Waals surface area contributed by atoms with Crippen LogP contribution in [0.15, 0.2) is 41.8 Å². The lowest BCUT2D eigenvalue weighted by molar-refractivity contribution is -0.124. The zero-order valence-electron chi connectivity index (χ0n) is 16.4. The molecule has 8 heteroatoms. The minimum Gasteiger partial charge on any atom is -0.350 e. The predicted octanol–water partition coefficient (Wildman–Crippen LogP) is 4.14. The average Bonchev–Trinajstić information content (AvgIpc) is 3.48. The second-order valence-electron chi connectivity index (χ2n) is 7.39. The van der Waals surface area contributed by atoms with Crippen molar-refractivity contribution >= 4 is 29.5 Å². The van der Waals surface area contributed by atoms with Gasteiger partial charge in [0.05, 0.1) is 4.88 Å². The summed E-state index contributed by atoms with van der Waals surface area (Å²) in [5.41, 5.74) is 2.41. The Morgan fingerprint density at radius 2 is 1.97 bits per heavy atom. The molecular formula is C21H25N5OS2. The fourth-order valence-corrected chi connectivity index (χ4v) is 4.66. The number of hydrogen-bond donors (Lipinski definition) is 2. The standard InChI is InChI=1S/C21H25N5OS2/c1-15(26-19(23-24-21(26)28)18-5-4-12-29-18)20(27)22-13-16-6-8-17(9-7-16)14-25-10-2-3-11-25/h4-9,12,15H,2-3,10-11,13-14H2,1H3,(H,22,27)(H,24,28). The predicted molar refractivity (Wildman–Crippen MR) is 118 cm³/mol. The molecule has 1 aliphatic rings. The van der Waals surface area contributed by atoms with Gasteiger partial charge in [0.1, 0.15) is 6.04 Å². The van der Waals surface area contributed by atoms with Gasteiger partial charge < -0.3 is 5.32 Å². The summed E-state index contributed by atoms with van der Waals surface area (Å²) in [6.07, 6.45) is 2.61. The summed E-state index contributed by atoms with van der Waals surface area (Å²) < 4.78 is 2.22. The summed E-state index contributed by atoms with van der Waals surface area (Å²) in [5.74, 6) is 0.611. The van der Waals surface area contributed by atoms with Gasteiger partial charge in [-0.25, -0.2) is 0 Å². The van der Waals surface area contributed by atoms with Crippen LogP contribution in [-0.2, 0) is 17.9 Å². The molecule has 3 heterocycles. The zero-order chi connectivity index (χ0) is 20.2. The van der Waals surface area contributed by atoms with E-state index < -0.39 is 6.04 Å². The van der Waals surface area contributed by atoms with Crippen LogP contribution in [0, 0.1) is 4.77 Å². The first-order valence-corrected chi connectivity index (χ1v) is 11.2. The summed E-state index contributed by atoms with van der Waals surface area (Å²) >= 11 is 6.93. The second-order valence-corrected chi connectivity index (χ2v) is 8.73. The topological polar surface area (TPSA) is 66.0 Å². The van der Waals surface area contributed by atoms with Crippen molar-refractivity contribution in [2.24, 2.45) is 0 Å². The number of likely N-dealkylation sites (tertiary alicyclic amines) is 1. The van der Waals surface area contributed by atoms with E-state index in [1.807, 2.05) is 24.4 Å². The largest absolute Gasteiger partial charge is 0.350 e. The maximum absolute atomic E-state index is 12.8. The number of aromatic amines is 1. The van der Waals surface area contributed by atoms with E-state index in [2.05, 4.69) is 44.7 Å². The molecule has 0 saturated carbocycles. The first kappa shape index (κ1) is 20.0. The maximum atomic E-state index is 12.8. The van der Waals surface area contributed by atoms with Crippen molar-refractivity contribution in [3.05, 3.63) is 57.7 Å². The molecular weight excluding hydrogens is 402 g/mol. The van der Waals surface area contributed by atoms with Crippen LogP contribution < -0.4 is 5.32 Å². The highest BCUT2D eigenvalue weighted by Gasteiger charge is 2.21. The molecule has 0 bridgehead atoms. The number of benzene rings is 1. The van der Waals surface area contributed by atoms with Crippen LogP contribution >= 0.6 is 23.6 Å². The van der Waals surface area contributed by atoms with Crippen molar-refractivity contribution in [1.29, 1.82) is 0 Å². The van der Waals surface area contributed by atoms with E-state index in [1.165, 1.54) is 31.5 Å². The highest BCUT2D eigenvalue weighted by atomic mass is 32.1. The summed E-state index contributed by atoms with van der Waals surface area (Å²) in [6, 6.07) is 12.0. The zero-order valence-corrected chi connectivity index (χ0v) is 18.1. The Hall–Kier alpha value is -2.29. The van der Waals surface area contributed by atoms with E-state index in [4.69, 9.17) is 12.2 Å².